The summed E-state index contributed by atoms with van der Waals surface area (Å²) in [6.45, 7) is 12.6. The number of ketones is 2. The van der Waals surface area contributed by atoms with Crippen LogP contribution in [-0.4, -0.2) is 33.8 Å². The zero-order valence-electron chi connectivity index (χ0n) is 19.6. The predicted octanol–water partition coefficient (Wildman–Crippen LogP) is 4.18. The fourth-order valence-electron chi connectivity index (χ4n) is 4.85. The maximum absolute atomic E-state index is 13.7. The number of Topliss-reactive ketones (excluding diaryl/α,β-unsaturated/α-hetero) is 2. The van der Waals surface area contributed by atoms with Crippen LogP contribution in [0.5, 0.6) is 0 Å². The van der Waals surface area contributed by atoms with E-state index in [2.05, 4.69) is 0 Å². The van der Waals surface area contributed by atoms with Crippen molar-refractivity contribution in [2.75, 3.05) is 0 Å². The molecule has 1 heterocycles. The second-order valence-electron chi connectivity index (χ2n) is 10.4. The highest BCUT2D eigenvalue weighted by Crippen LogP contribution is 2.53. The summed E-state index contributed by atoms with van der Waals surface area (Å²) in [6, 6.07) is 0. The normalized spacial score (nSPS) is 28.4. The van der Waals surface area contributed by atoms with Crippen molar-refractivity contribution >= 4 is 17.5 Å². The maximum Gasteiger partial charge on any atom is 0.313 e. The number of carbonyl (C=O) groups excluding carboxylic acids is 3. The second-order valence-corrected chi connectivity index (χ2v) is 10.4. The number of rotatable bonds is 5. The minimum atomic E-state index is -1.00. The Balaban J connectivity index is 2.13. The number of hydrogen-bond acceptors (Lipinski definition) is 6. The topological polar surface area (TPSA) is 89.9 Å². The standard InChI is InChI=1S/C25H34O6/c1-13(2)8-9-15-19(26)18-16-12-25(7,11-10-17(16)24(5,6)29)31-22(18)20(27)21(15)30-23(28)14(3)4/h8,14,16-17,29H,9-12H2,1-7H3. The van der Waals surface area contributed by atoms with Crippen LogP contribution in [0.25, 0.3) is 0 Å². The molecule has 3 rings (SSSR count). The SMILES string of the molecule is CC(C)=CCC1=C(OC(=O)C(C)C)C(=O)C2=C(C1=O)C1CC(C)(CCC1C(C)(C)O)O2. The highest BCUT2D eigenvalue weighted by Gasteiger charge is 2.55. The van der Waals surface area contributed by atoms with Crippen molar-refractivity contribution in [3.63, 3.8) is 0 Å². The molecular weight excluding hydrogens is 396 g/mol. The molecule has 0 aromatic rings. The zero-order chi connectivity index (χ0) is 23.3. The van der Waals surface area contributed by atoms with Crippen LogP contribution in [0.2, 0.25) is 0 Å². The van der Waals surface area contributed by atoms with E-state index in [4.69, 9.17) is 9.47 Å². The quantitative estimate of drug-likeness (QED) is 0.400. The van der Waals surface area contributed by atoms with Crippen LogP contribution in [-0.2, 0) is 23.9 Å². The summed E-state index contributed by atoms with van der Waals surface area (Å²) in [6.07, 6.45) is 3.98. The van der Waals surface area contributed by atoms with E-state index in [-0.39, 0.29) is 41.1 Å². The number of allylic oxidation sites excluding steroid dienone is 4. The van der Waals surface area contributed by atoms with Crippen LogP contribution in [0.1, 0.15) is 74.1 Å². The summed E-state index contributed by atoms with van der Waals surface area (Å²) in [4.78, 5) is 39.5. The van der Waals surface area contributed by atoms with Gasteiger partial charge in [-0.1, -0.05) is 25.5 Å². The highest BCUT2D eigenvalue weighted by molar-refractivity contribution is 6.24. The van der Waals surface area contributed by atoms with Crippen molar-refractivity contribution in [2.45, 2.75) is 85.4 Å². The minimum Gasteiger partial charge on any atom is -0.483 e. The van der Waals surface area contributed by atoms with Gasteiger partial charge in [0.2, 0.25) is 0 Å². The Hall–Kier alpha value is -2.21. The Kier molecular flexibility index (Phi) is 6.09. The smallest absolute Gasteiger partial charge is 0.313 e. The Morgan fingerprint density at radius 3 is 2.48 bits per heavy atom. The fourth-order valence-corrected chi connectivity index (χ4v) is 4.85. The molecule has 6 nitrogen and oxygen atoms in total. The Bertz CT molecular complexity index is 907. The van der Waals surface area contributed by atoms with E-state index < -0.39 is 28.9 Å². The molecule has 0 radical (unpaired) electrons. The van der Waals surface area contributed by atoms with Crippen LogP contribution in [0.15, 0.2) is 34.3 Å². The molecule has 6 heteroatoms. The van der Waals surface area contributed by atoms with E-state index in [0.29, 0.717) is 24.8 Å². The molecule has 31 heavy (non-hydrogen) atoms. The lowest BCUT2D eigenvalue weighted by atomic mass is 9.61. The molecule has 1 aliphatic heterocycles. The minimum absolute atomic E-state index is 0.00907. The molecule has 1 N–H and O–H groups in total. The molecule has 0 amide bonds. The highest BCUT2D eigenvalue weighted by atomic mass is 16.5. The molecule has 3 atom stereocenters. The van der Waals surface area contributed by atoms with Gasteiger partial charge < -0.3 is 14.6 Å². The van der Waals surface area contributed by atoms with E-state index >= 15 is 0 Å². The van der Waals surface area contributed by atoms with E-state index in [1.54, 1.807) is 27.7 Å². The Morgan fingerprint density at radius 2 is 1.94 bits per heavy atom. The van der Waals surface area contributed by atoms with Gasteiger partial charge >= 0.3 is 5.97 Å². The summed E-state index contributed by atoms with van der Waals surface area (Å²) < 4.78 is 11.6. The first-order chi connectivity index (χ1) is 14.2. The number of fused-ring (bicyclic) bond motifs is 3. The van der Waals surface area contributed by atoms with Gasteiger partial charge in [0.15, 0.2) is 17.3 Å². The third kappa shape index (κ3) is 4.40. The third-order valence-corrected chi connectivity index (χ3v) is 6.59. The first-order valence-corrected chi connectivity index (χ1v) is 11.1. The van der Waals surface area contributed by atoms with E-state index in [1.807, 2.05) is 26.8 Å². The van der Waals surface area contributed by atoms with Gasteiger partial charge in [-0.25, -0.2) is 0 Å². The summed E-state index contributed by atoms with van der Waals surface area (Å²) in [5.41, 5.74) is -0.0892. The molecular formula is C25H34O6. The average molecular weight is 431 g/mol. The van der Waals surface area contributed by atoms with Gasteiger partial charge in [0.05, 0.1) is 17.1 Å². The van der Waals surface area contributed by atoms with Gasteiger partial charge in [-0.3, -0.25) is 14.4 Å². The molecule has 0 saturated heterocycles. The van der Waals surface area contributed by atoms with Crippen LogP contribution in [0, 0.1) is 17.8 Å². The van der Waals surface area contributed by atoms with Gasteiger partial charge in [0.25, 0.3) is 5.78 Å². The van der Waals surface area contributed by atoms with Crippen molar-refractivity contribution in [2.24, 2.45) is 17.8 Å². The summed E-state index contributed by atoms with van der Waals surface area (Å²) in [7, 11) is 0. The van der Waals surface area contributed by atoms with Gasteiger partial charge in [0.1, 0.15) is 5.60 Å². The van der Waals surface area contributed by atoms with Crippen molar-refractivity contribution in [1.82, 2.24) is 0 Å². The first kappa shape index (κ1) is 23.5. The van der Waals surface area contributed by atoms with Gasteiger partial charge in [-0.05, 0) is 66.2 Å². The van der Waals surface area contributed by atoms with Gasteiger partial charge in [0, 0.05) is 11.5 Å². The number of hydrogen-bond donors (Lipinski definition) is 1. The molecule has 0 aromatic carbocycles. The molecule has 1 saturated carbocycles. The average Bonchev–Trinajstić information content (AvgIpc) is 2.63. The lowest BCUT2D eigenvalue weighted by Crippen LogP contribution is -2.52. The van der Waals surface area contributed by atoms with Crippen LogP contribution < -0.4 is 0 Å². The molecule has 3 unspecified atom stereocenters. The molecule has 1 fully saturated rings. The lowest BCUT2D eigenvalue weighted by molar-refractivity contribution is -0.149. The van der Waals surface area contributed by atoms with Crippen molar-refractivity contribution in [3.8, 4) is 0 Å². The summed E-state index contributed by atoms with van der Waals surface area (Å²) in [5, 5.41) is 10.8. The number of ether oxygens (including phenoxy) is 2. The van der Waals surface area contributed by atoms with E-state index in [9.17, 15) is 19.5 Å². The molecule has 2 bridgehead atoms. The van der Waals surface area contributed by atoms with E-state index in [1.165, 1.54) is 0 Å². The molecule has 3 aliphatic rings. The fraction of sp³-hybridized carbons (Fsp3) is 0.640. The van der Waals surface area contributed by atoms with Crippen molar-refractivity contribution < 1.29 is 29.0 Å². The molecule has 2 aliphatic carbocycles. The molecule has 0 spiro atoms. The summed E-state index contributed by atoms with van der Waals surface area (Å²) in [5.74, 6) is -2.56. The number of aliphatic hydroxyl groups is 1. The lowest BCUT2D eigenvalue weighted by Gasteiger charge is -2.51. The third-order valence-electron chi connectivity index (χ3n) is 6.59. The summed E-state index contributed by atoms with van der Waals surface area (Å²) >= 11 is 0. The van der Waals surface area contributed by atoms with Crippen molar-refractivity contribution in [3.05, 3.63) is 34.3 Å². The zero-order valence-corrected chi connectivity index (χ0v) is 19.6. The predicted molar refractivity (Wildman–Crippen MR) is 116 cm³/mol. The Morgan fingerprint density at radius 1 is 1.29 bits per heavy atom. The van der Waals surface area contributed by atoms with Crippen molar-refractivity contribution in [1.29, 1.82) is 0 Å². The molecule has 0 aromatic heterocycles. The maximum atomic E-state index is 13.7. The van der Waals surface area contributed by atoms with E-state index in [0.717, 1.165) is 5.57 Å². The largest absolute Gasteiger partial charge is 0.483 e. The van der Waals surface area contributed by atoms with Crippen LogP contribution in [0.4, 0.5) is 0 Å². The number of carbonyl (C=O) groups is 3. The van der Waals surface area contributed by atoms with Crippen LogP contribution in [0.3, 0.4) is 0 Å². The Labute approximate surface area is 184 Å². The van der Waals surface area contributed by atoms with Gasteiger partial charge in [-0.15, -0.1) is 0 Å². The van der Waals surface area contributed by atoms with Gasteiger partial charge in [-0.2, -0.15) is 0 Å². The van der Waals surface area contributed by atoms with Crippen LogP contribution >= 0.6 is 0 Å². The first-order valence-electron chi connectivity index (χ1n) is 11.1. The monoisotopic (exact) mass is 430 g/mol. The number of esters is 1. The second kappa shape index (κ2) is 8.05. The molecule has 170 valence electrons.